The Kier molecular flexibility index (Phi) is 6.11. The summed E-state index contributed by atoms with van der Waals surface area (Å²) >= 11 is 0. The second-order valence-electron chi connectivity index (χ2n) is 7.53. The zero-order valence-corrected chi connectivity index (χ0v) is 16.9. The molecule has 2 heterocycles. The lowest BCUT2D eigenvalue weighted by molar-refractivity contribution is -0.154. The van der Waals surface area contributed by atoms with E-state index in [9.17, 15) is 4.79 Å². The van der Waals surface area contributed by atoms with E-state index in [2.05, 4.69) is 25.4 Å². The van der Waals surface area contributed by atoms with Gasteiger partial charge in [0.2, 0.25) is 11.7 Å². The third-order valence-corrected chi connectivity index (χ3v) is 3.71. The summed E-state index contributed by atoms with van der Waals surface area (Å²) in [5.74, 6) is 1.66. The van der Waals surface area contributed by atoms with Crippen molar-refractivity contribution in [1.29, 1.82) is 0 Å². The highest BCUT2D eigenvalue weighted by molar-refractivity contribution is 5.70. The smallest absolute Gasteiger partial charge is 0.306 e. The second kappa shape index (κ2) is 8.72. The Hall–Kier alpha value is -3.42. The molecule has 0 aliphatic heterocycles. The highest BCUT2D eigenvalue weighted by atomic mass is 16.6. The summed E-state index contributed by atoms with van der Waals surface area (Å²) in [6.45, 7) is 7.45. The monoisotopic (exact) mass is 393 g/mol. The van der Waals surface area contributed by atoms with Gasteiger partial charge in [-0.05, 0) is 57.5 Å². The standard InChI is InChI=1S/C21H23N5O3/c1-14-5-11-18(22-13-14)28-16-8-6-15(7-9-16)20-25-23-17(24-26-20)10-12-19(27)29-21(2,3)4/h5-9,11,13H,10,12H2,1-4H3. The van der Waals surface area contributed by atoms with Crippen molar-refractivity contribution in [2.75, 3.05) is 0 Å². The van der Waals surface area contributed by atoms with Crippen molar-refractivity contribution in [2.24, 2.45) is 0 Å². The van der Waals surface area contributed by atoms with E-state index < -0.39 is 5.60 Å². The molecule has 8 heteroatoms. The Labute approximate surface area is 169 Å². The van der Waals surface area contributed by atoms with Crippen molar-refractivity contribution in [3.63, 3.8) is 0 Å². The zero-order chi connectivity index (χ0) is 20.9. The van der Waals surface area contributed by atoms with Crippen molar-refractivity contribution in [2.45, 2.75) is 46.1 Å². The van der Waals surface area contributed by atoms with Crippen LogP contribution in [0.25, 0.3) is 11.4 Å². The molecule has 0 unspecified atom stereocenters. The Morgan fingerprint density at radius 3 is 2.24 bits per heavy atom. The van der Waals surface area contributed by atoms with Crippen molar-refractivity contribution >= 4 is 5.97 Å². The number of rotatable bonds is 6. The number of esters is 1. The van der Waals surface area contributed by atoms with Gasteiger partial charge in [-0.2, -0.15) is 0 Å². The molecular weight excluding hydrogens is 370 g/mol. The van der Waals surface area contributed by atoms with Gasteiger partial charge in [-0.15, -0.1) is 20.4 Å². The van der Waals surface area contributed by atoms with Gasteiger partial charge in [0, 0.05) is 24.2 Å². The van der Waals surface area contributed by atoms with Gasteiger partial charge in [0.1, 0.15) is 11.4 Å². The maximum Gasteiger partial charge on any atom is 0.306 e. The third-order valence-electron chi connectivity index (χ3n) is 3.71. The lowest BCUT2D eigenvalue weighted by atomic mass is 10.2. The van der Waals surface area contributed by atoms with Crippen LogP contribution in [0.5, 0.6) is 11.6 Å². The molecule has 0 aliphatic carbocycles. The van der Waals surface area contributed by atoms with Gasteiger partial charge in [-0.3, -0.25) is 4.79 Å². The molecule has 3 aromatic rings. The predicted octanol–water partition coefficient (Wildman–Crippen LogP) is 3.70. The van der Waals surface area contributed by atoms with Gasteiger partial charge in [0.25, 0.3) is 0 Å². The van der Waals surface area contributed by atoms with E-state index in [1.165, 1.54) is 0 Å². The van der Waals surface area contributed by atoms with E-state index in [4.69, 9.17) is 9.47 Å². The summed E-state index contributed by atoms with van der Waals surface area (Å²) in [6, 6.07) is 11.0. The van der Waals surface area contributed by atoms with Crippen LogP contribution < -0.4 is 4.74 Å². The fourth-order valence-corrected chi connectivity index (χ4v) is 2.38. The van der Waals surface area contributed by atoms with Crippen molar-refractivity contribution in [1.82, 2.24) is 25.4 Å². The fourth-order valence-electron chi connectivity index (χ4n) is 2.38. The van der Waals surface area contributed by atoms with Gasteiger partial charge < -0.3 is 9.47 Å². The van der Waals surface area contributed by atoms with Gasteiger partial charge in [0.15, 0.2) is 5.82 Å². The lowest BCUT2D eigenvalue weighted by Crippen LogP contribution is -2.24. The highest BCUT2D eigenvalue weighted by Gasteiger charge is 2.16. The fraction of sp³-hybridized carbons (Fsp3) is 0.333. The molecule has 0 bridgehead atoms. The molecule has 1 aromatic carbocycles. The molecule has 150 valence electrons. The first kappa shape index (κ1) is 20.3. The summed E-state index contributed by atoms with van der Waals surface area (Å²) in [4.78, 5) is 16.0. The summed E-state index contributed by atoms with van der Waals surface area (Å²) in [7, 11) is 0. The van der Waals surface area contributed by atoms with Crippen LogP contribution in [0.4, 0.5) is 0 Å². The van der Waals surface area contributed by atoms with E-state index in [1.54, 1.807) is 18.3 Å². The van der Waals surface area contributed by atoms with Gasteiger partial charge >= 0.3 is 5.97 Å². The molecule has 0 N–H and O–H groups in total. The molecule has 0 aliphatic rings. The zero-order valence-electron chi connectivity index (χ0n) is 16.9. The molecule has 0 radical (unpaired) electrons. The summed E-state index contributed by atoms with van der Waals surface area (Å²) in [6.07, 6.45) is 2.25. The Bertz CT molecular complexity index is 950. The van der Waals surface area contributed by atoms with Crippen LogP contribution >= 0.6 is 0 Å². The average Bonchev–Trinajstić information content (AvgIpc) is 2.68. The maximum absolute atomic E-state index is 11.8. The normalized spacial score (nSPS) is 11.2. The molecule has 0 amide bonds. The van der Waals surface area contributed by atoms with Gasteiger partial charge in [0.05, 0.1) is 6.42 Å². The minimum Gasteiger partial charge on any atom is -0.460 e. The van der Waals surface area contributed by atoms with Crippen LogP contribution in [0.1, 0.15) is 38.6 Å². The van der Waals surface area contributed by atoms with Gasteiger partial charge in [-0.1, -0.05) is 6.07 Å². The molecule has 3 rings (SSSR count). The quantitative estimate of drug-likeness (QED) is 0.584. The first-order valence-electron chi connectivity index (χ1n) is 9.27. The molecule has 0 saturated heterocycles. The van der Waals surface area contributed by atoms with Crippen molar-refractivity contribution in [3.05, 3.63) is 54.0 Å². The Morgan fingerprint density at radius 1 is 0.966 bits per heavy atom. The number of carbonyl (C=O) groups is 1. The SMILES string of the molecule is Cc1ccc(Oc2ccc(-c3nnc(CCC(=O)OC(C)(C)C)nn3)cc2)nc1. The molecular formula is C21H23N5O3. The minimum absolute atomic E-state index is 0.180. The highest BCUT2D eigenvalue weighted by Crippen LogP contribution is 2.22. The van der Waals surface area contributed by atoms with Crippen LogP contribution in [0.3, 0.4) is 0 Å². The van der Waals surface area contributed by atoms with E-state index in [1.807, 2.05) is 52.0 Å². The van der Waals surface area contributed by atoms with Crippen molar-refractivity contribution in [3.8, 4) is 23.0 Å². The molecule has 8 nitrogen and oxygen atoms in total. The molecule has 2 aromatic heterocycles. The van der Waals surface area contributed by atoms with Crippen LogP contribution in [0, 0.1) is 6.92 Å². The molecule has 0 spiro atoms. The number of aromatic nitrogens is 5. The number of hydrogen-bond acceptors (Lipinski definition) is 8. The molecule has 0 fully saturated rings. The van der Waals surface area contributed by atoms with E-state index in [0.29, 0.717) is 29.7 Å². The molecule has 0 saturated carbocycles. The van der Waals surface area contributed by atoms with E-state index in [0.717, 1.165) is 11.1 Å². The van der Waals surface area contributed by atoms with E-state index in [-0.39, 0.29) is 12.4 Å². The molecule has 29 heavy (non-hydrogen) atoms. The topological polar surface area (TPSA) is 100.0 Å². The molecule has 0 atom stereocenters. The maximum atomic E-state index is 11.8. The lowest BCUT2D eigenvalue weighted by Gasteiger charge is -2.19. The largest absolute Gasteiger partial charge is 0.460 e. The van der Waals surface area contributed by atoms with Crippen molar-refractivity contribution < 1.29 is 14.3 Å². The first-order valence-corrected chi connectivity index (χ1v) is 9.27. The van der Waals surface area contributed by atoms with Crippen LogP contribution in [-0.4, -0.2) is 36.9 Å². The van der Waals surface area contributed by atoms with Crippen LogP contribution in [0.2, 0.25) is 0 Å². The number of benzene rings is 1. The Morgan fingerprint density at radius 2 is 1.66 bits per heavy atom. The number of aryl methyl sites for hydroxylation is 2. The minimum atomic E-state index is -0.510. The summed E-state index contributed by atoms with van der Waals surface area (Å²) in [5, 5.41) is 16.3. The van der Waals surface area contributed by atoms with Gasteiger partial charge in [-0.25, -0.2) is 4.98 Å². The number of nitrogens with zero attached hydrogens (tertiary/aromatic N) is 5. The number of carbonyl (C=O) groups excluding carboxylic acids is 1. The summed E-state index contributed by atoms with van der Waals surface area (Å²) in [5.41, 5.74) is 1.32. The average molecular weight is 393 g/mol. The first-order chi connectivity index (χ1) is 13.8. The van der Waals surface area contributed by atoms with Crippen LogP contribution in [-0.2, 0) is 16.0 Å². The number of hydrogen-bond donors (Lipinski definition) is 0. The second-order valence-corrected chi connectivity index (χ2v) is 7.53. The Balaban J connectivity index is 1.58. The predicted molar refractivity (Wildman–Crippen MR) is 106 cm³/mol. The summed E-state index contributed by atoms with van der Waals surface area (Å²) < 4.78 is 11.0. The van der Waals surface area contributed by atoms with Crippen LogP contribution in [0.15, 0.2) is 42.6 Å². The number of pyridine rings is 1. The number of ether oxygens (including phenoxy) is 2. The third kappa shape index (κ3) is 6.31. The van der Waals surface area contributed by atoms with E-state index >= 15 is 0 Å².